The van der Waals surface area contributed by atoms with Crippen LogP contribution < -0.4 is 10.6 Å². The van der Waals surface area contributed by atoms with E-state index in [2.05, 4.69) is 10.6 Å². The SMILES string of the molecule is Cc1cccc(C)c1NC(=O)C1CC1C(=O)NC(C)c1ccccc1. The van der Waals surface area contributed by atoms with Crippen LogP contribution in [0.3, 0.4) is 0 Å². The largest absolute Gasteiger partial charge is 0.349 e. The van der Waals surface area contributed by atoms with Gasteiger partial charge in [0, 0.05) is 5.69 Å². The van der Waals surface area contributed by atoms with Crippen molar-refractivity contribution < 1.29 is 9.59 Å². The van der Waals surface area contributed by atoms with Gasteiger partial charge in [0.05, 0.1) is 17.9 Å². The molecule has 130 valence electrons. The summed E-state index contributed by atoms with van der Waals surface area (Å²) >= 11 is 0. The molecule has 1 saturated carbocycles. The molecule has 4 nitrogen and oxygen atoms in total. The highest BCUT2D eigenvalue weighted by molar-refractivity contribution is 6.00. The molecule has 2 aromatic rings. The number of hydrogen-bond acceptors (Lipinski definition) is 2. The molecule has 4 heteroatoms. The van der Waals surface area contributed by atoms with Crippen LogP contribution in [0.1, 0.15) is 36.1 Å². The molecule has 2 aromatic carbocycles. The van der Waals surface area contributed by atoms with Crippen LogP contribution in [0.4, 0.5) is 5.69 Å². The van der Waals surface area contributed by atoms with E-state index in [1.54, 1.807) is 0 Å². The molecule has 1 fully saturated rings. The maximum Gasteiger partial charge on any atom is 0.228 e. The number of carbonyl (C=O) groups is 2. The van der Waals surface area contributed by atoms with Crippen molar-refractivity contribution >= 4 is 17.5 Å². The Morgan fingerprint density at radius 3 is 2.16 bits per heavy atom. The zero-order valence-electron chi connectivity index (χ0n) is 14.9. The van der Waals surface area contributed by atoms with Crippen molar-refractivity contribution in [2.24, 2.45) is 11.8 Å². The Kier molecular flexibility index (Phi) is 4.88. The van der Waals surface area contributed by atoms with Gasteiger partial charge >= 0.3 is 0 Å². The van der Waals surface area contributed by atoms with Gasteiger partial charge in [0.2, 0.25) is 11.8 Å². The Bertz CT molecular complexity index is 765. The van der Waals surface area contributed by atoms with Gasteiger partial charge < -0.3 is 10.6 Å². The molecule has 0 heterocycles. The molecule has 2 N–H and O–H groups in total. The molecule has 0 saturated heterocycles. The third kappa shape index (κ3) is 3.90. The summed E-state index contributed by atoms with van der Waals surface area (Å²) in [5, 5.41) is 6.00. The van der Waals surface area contributed by atoms with Crippen LogP contribution >= 0.6 is 0 Å². The molecule has 1 aliphatic carbocycles. The zero-order valence-corrected chi connectivity index (χ0v) is 14.9. The van der Waals surface area contributed by atoms with Gasteiger partial charge in [-0.3, -0.25) is 9.59 Å². The minimum absolute atomic E-state index is 0.0435. The summed E-state index contributed by atoms with van der Waals surface area (Å²) in [6.07, 6.45) is 0.615. The Balaban J connectivity index is 1.57. The lowest BCUT2D eigenvalue weighted by atomic mass is 10.1. The lowest BCUT2D eigenvalue weighted by Crippen LogP contribution is -2.30. The lowest BCUT2D eigenvalue weighted by molar-refractivity contribution is -0.125. The Hall–Kier alpha value is -2.62. The van der Waals surface area contributed by atoms with E-state index in [9.17, 15) is 9.59 Å². The highest BCUT2D eigenvalue weighted by atomic mass is 16.2. The summed E-state index contributed by atoms with van der Waals surface area (Å²) in [5.41, 5.74) is 3.99. The fourth-order valence-corrected chi connectivity index (χ4v) is 3.15. The Labute approximate surface area is 148 Å². The van der Waals surface area contributed by atoms with Crippen molar-refractivity contribution in [2.45, 2.75) is 33.2 Å². The fourth-order valence-electron chi connectivity index (χ4n) is 3.15. The van der Waals surface area contributed by atoms with Gasteiger partial charge in [-0.2, -0.15) is 0 Å². The first-order valence-corrected chi connectivity index (χ1v) is 8.69. The summed E-state index contributed by atoms with van der Waals surface area (Å²) in [4.78, 5) is 24.9. The first-order chi connectivity index (χ1) is 12.0. The first-order valence-electron chi connectivity index (χ1n) is 8.69. The zero-order chi connectivity index (χ0) is 18.0. The predicted octanol–water partition coefficient (Wildman–Crippen LogP) is 3.76. The molecule has 3 atom stereocenters. The van der Waals surface area contributed by atoms with Gasteiger partial charge in [-0.15, -0.1) is 0 Å². The number of benzene rings is 2. The monoisotopic (exact) mass is 336 g/mol. The van der Waals surface area contributed by atoms with Crippen LogP contribution in [-0.4, -0.2) is 11.8 Å². The van der Waals surface area contributed by atoms with E-state index in [1.165, 1.54) is 0 Å². The highest BCUT2D eigenvalue weighted by Gasteiger charge is 2.48. The van der Waals surface area contributed by atoms with E-state index in [1.807, 2.05) is 69.3 Å². The molecule has 0 bridgehead atoms. The average Bonchev–Trinajstić information content (AvgIpc) is 3.40. The van der Waals surface area contributed by atoms with Crippen LogP contribution in [0.5, 0.6) is 0 Å². The van der Waals surface area contributed by atoms with Crippen LogP contribution in [0.15, 0.2) is 48.5 Å². The van der Waals surface area contributed by atoms with Crippen molar-refractivity contribution in [3.05, 3.63) is 65.2 Å². The Morgan fingerprint density at radius 2 is 1.52 bits per heavy atom. The van der Waals surface area contributed by atoms with Crippen LogP contribution in [0.2, 0.25) is 0 Å². The van der Waals surface area contributed by atoms with E-state index in [0.717, 1.165) is 22.4 Å². The predicted molar refractivity (Wildman–Crippen MR) is 99.1 cm³/mol. The molecular weight excluding hydrogens is 312 g/mol. The molecule has 0 spiro atoms. The van der Waals surface area contributed by atoms with Gasteiger partial charge in [0.15, 0.2) is 0 Å². The second-order valence-corrected chi connectivity index (χ2v) is 6.85. The maximum atomic E-state index is 12.5. The van der Waals surface area contributed by atoms with Crippen molar-refractivity contribution in [1.82, 2.24) is 5.32 Å². The molecule has 2 amide bonds. The number of anilines is 1. The highest BCUT2D eigenvalue weighted by Crippen LogP contribution is 2.40. The first kappa shape index (κ1) is 17.2. The van der Waals surface area contributed by atoms with Gasteiger partial charge in [-0.05, 0) is 43.9 Å². The molecule has 3 unspecified atom stereocenters. The Morgan fingerprint density at radius 1 is 0.920 bits per heavy atom. The number of rotatable bonds is 5. The number of nitrogens with one attached hydrogen (secondary N) is 2. The van der Waals surface area contributed by atoms with Crippen LogP contribution in [0, 0.1) is 25.7 Å². The molecule has 0 radical (unpaired) electrons. The lowest BCUT2D eigenvalue weighted by Gasteiger charge is -2.14. The number of hydrogen-bond donors (Lipinski definition) is 2. The van der Waals surface area contributed by atoms with Crippen LogP contribution in [-0.2, 0) is 9.59 Å². The van der Waals surface area contributed by atoms with Gasteiger partial charge in [0.1, 0.15) is 0 Å². The van der Waals surface area contributed by atoms with Crippen LogP contribution in [0.25, 0.3) is 0 Å². The van der Waals surface area contributed by atoms with Gasteiger partial charge in [-0.25, -0.2) is 0 Å². The van der Waals surface area contributed by atoms with Crippen molar-refractivity contribution in [1.29, 1.82) is 0 Å². The third-order valence-electron chi connectivity index (χ3n) is 4.85. The second-order valence-electron chi connectivity index (χ2n) is 6.85. The maximum absolute atomic E-state index is 12.5. The summed E-state index contributed by atoms with van der Waals surface area (Å²) < 4.78 is 0. The van der Waals surface area contributed by atoms with Crippen molar-refractivity contribution in [3.8, 4) is 0 Å². The minimum Gasteiger partial charge on any atom is -0.349 e. The molecule has 0 aliphatic heterocycles. The molecular formula is C21H24N2O2. The topological polar surface area (TPSA) is 58.2 Å². The van der Waals surface area contributed by atoms with E-state index in [0.29, 0.717) is 6.42 Å². The quantitative estimate of drug-likeness (QED) is 0.873. The third-order valence-corrected chi connectivity index (χ3v) is 4.85. The summed E-state index contributed by atoms with van der Waals surface area (Å²) in [6.45, 7) is 5.91. The smallest absolute Gasteiger partial charge is 0.228 e. The molecule has 3 rings (SSSR count). The summed E-state index contributed by atoms with van der Waals surface area (Å²) in [7, 11) is 0. The summed E-state index contributed by atoms with van der Waals surface area (Å²) in [6, 6.07) is 15.7. The van der Waals surface area contributed by atoms with Gasteiger partial charge in [-0.1, -0.05) is 48.5 Å². The number of amides is 2. The van der Waals surface area contributed by atoms with E-state index >= 15 is 0 Å². The van der Waals surface area contributed by atoms with Gasteiger partial charge in [0.25, 0.3) is 0 Å². The van der Waals surface area contributed by atoms with Crippen molar-refractivity contribution in [3.63, 3.8) is 0 Å². The van der Waals surface area contributed by atoms with E-state index < -0.39 is 0 Å². The number of aryl methyl sites for hydroxylation is 2. The van der Waals surface area contributed by atoms with Crippen molar-refractivity contribution in [2.75, 3.05) is 5.32 Å². The molecule has 0 aromatic heterocycles. The minimum atomic E-state index is -0.234. The number of carbonyl (C=O) groups excluding carboxylic acids is 2. The molecule has 1 aliphatic rings. The average molecular weight is 336 g/mol. The van der Waals surface area contributed by atoms with E-state index in [-0.39, 0.29) is 29.7 Å². The fraction of sp³-hybridized carbons (Fsp3) is 0.333. The molecule has 25 heavy (non-hydrogen) atoms. The second kappa shape index (κ2) is 7.09. The standard InChI is InChI=1S/C21H24N2O2/c1-13-8-7-9-14(2)19(13)23-21(25)18-12-17(18)20(24)22-15(3)16-10-5-4-6-11-16/h4-11,15,17-18H,12H2,1-3H3,(H,22,24)(H,23,25). The summed E-state index contributed by atoms with van der Waals surface area (Å²) in [5.74, 6) is -0.569. The van der Waals surface area contributed by atoms with E-state index in [4.69, 9.17) is 0 Å². The number of para-hydroxylation sites is 1. The normalized spacial score (nSPS) is 19.8.